The summed E-state index contributed by atoms with van der Waals surface area (Å²) in [6.07, 6.45) is 15.7. The molecule has 21 heteroatoms. The van der Waals surface area contributed by atoms with Crippen LogP contribution in [0.5, 0.6) is 5.75 Å². The third-order valence-electron chi connectivity index (χ3n) is 17.7. The fourth-order valence-electron chi connectivity index (χ4n) is 10.9. The Labute approximate surface area is 676 Å². The second kappa shape index (κ2) is 44.4. The molecule has 0 radical (unpaired) electrons. The molecule has 2 amide bonds. The average Bonchev–Trinajstić information content (AvgIpc) is 1.65. The van der Waals surface area contributed by atoms with Crippen LogP contribution >= 0.6 is 0 Å². The van der Waals surface area contributed by atoms with Crippen molar-refractivity contribution < 1.29 is 31.9 Å². The molecule has 0 spiro atoms. The first kappa shape index (κ1) is 102. The minimum atomic E-state index is -2.76. The number of nitrogens with zero attached hydrogens (tertiary/aromatic N) is 11. The van der Waals surface area contributed by atoms with Crippen molar-refractivity contribution in [2.24, 2.45) is 58.6 Å². The molecule has 2 N–H and O–H groups in total. The maximum Gasteiger partial charge on any atom is 0.336 e. The van der Waals surface area contributed by atoms with Crippen molar-refractivity contribution in [3.63, 3.8) is 0 Å². The van der Waals surface area contributed by atoms with E-state index in [1.165, 1.54) is 48.4 Å². The van der Waals surface area contributed by atoms with Gasteiger partial charge in [0.05, 0.1) is 24.0 Å². The van der Waals surface area contributed by atoms with Crippen molar-refractivity contribution in [2.45, 2.75) is 324 Å². The molecule has 4 unspecified atom stereocenters. The van der Waals surface area contributed by atoms with Crippen LogP contribution in [0.15, 0.2) is 143 Å². The van der Waals surface area contributed by atoms with Gasteiger partial charge in [0.2, 0.25) is 5.75 Å². The summed E-state index contributed by atoms with van der Waals surface area (Å²) in [6.45, 7) is 60.8. The van der Waals surface area contributed by atoms with Gasteiger partial charge in [-0.3, -0.25) is 0 Å². The molecule has 6 aromatic rings. The Morgan fingerprint density at radius 2 is 1.24 bits per heavy atom. The van der Waals surface area contributed by atoms with Crippen molar-refractivity contribution in [2.75, 3.05) is 6.54 Å². The summed E-state index contributed by atoms with van der Waals surface area (Å²) >= 11 is 0. The molecule has 4 aromatic carbocycles. The van der Waals surface area contributed by atoms with E-state index in [-0.39, 0.29) is 81.9 Å². The van der Waals surface area contributed by atoms with Gasteiger partial charge in [-0.2, -0.15) is 19.0 Å². The van der Waals surface area contributed by atoms with Crippen LogP contribution < -0.4 is 21.0 Å². The highest BCUT2D eigenvalue weighted by Crippen LogP contribution is 2.44. The number of hydrogen-bond acceptors (Lipinski definition) is 11. The standard InChI is InChI=1S/C20H20O.C15H14O4.C12H18F2.C10H13N3.C10H21N3.C8H16N2O.C6H12N2.C6H10.C4H9N3.CH4/c1-20(2,3)21-19-14-17-10-5-4-8-15(17)12-13-16-9-6-7-11-18(16)19;1-15(2,3)19-14-12-10(6-7-17-12)8-9-4-5-11(16)18-13(9)14;1-11(2,3)10-6-4-5-8-12(13,14)9-7-10;1-10(2,3)8-4-6-9(7-5-8)12-13-11;1-10(2,3)8-6-4-5-7-9-12-13-11;1-5-6(8(2,3)4)10-7(11)9-5;1-5(2,3)6(4)7-8-6;1-5-6(2,3)4;1-4(2,3)6-7-5;/h4-11,19H,14H2,1-3H3;4-8H,1-3H3;10H,4,6-7,9H2,1-3H3;4-7H,1-3H3;4-9H2,1-3H3;5-6H,1-4H3,(H2,9,10,11);1-4H3;1H,2-4H3;1-3H3;1H4. The van der Waals surface area contributed by atoms with Gasteiger partial charge in [0.15, 0.2) is 16.8 Å². The number of nitrogens with one attached hydrogen (secondary N) is 2. The van der Waals surface area contributed by atoms with Gasteiger partial charge in [-0.05, 0) is 199 Å². The van der Waals surface area contributed by atoms with Crippen LogP contribution in [-0.4, -0.2) is 53.0 Å². The topological polar surface area (TPSA) is 274 Å². The maximum absolute atomic E-state index is 13.0. The molecule has 1 fully saturated rings. The number of amides is 2. The number of terminal acetylenes is 1. The van der Waals surface area contributed by atoms with E-state index in [0.29, 0.717) is 53.3 Å². The van der Waals surface area contributed by atoms with Gasteiger partial charge < -0.3 is 28.9 Å². The van der Waals surface area contributed by atoms with E-state index < -0.39 is 17.1 Å². The number of rotatable bonds is 9. The van der Waals surface area contributed by atoms with Crippen LogP contribution in [0.3, 0.4) is 0 Å². The van der Waals surface area contributed by atoms with Crippen LogP contribution in [0.4, 0.5) is 19.3 Å². The Morgan fingerprint density at radius 3 is 1.70 bits per heavy atom. The van der Waals surface area contributed by atoms with E-state index in [1.807, 2.05) is 131 Å². The van der Waals surface area contributed by atoms with Gasteiger partial charge in [-0.15, -0.1) is 12.3 Å². The highest BCUT2D eigenvalue weighted by Gasteiger charge is 2.46. The van der Waals surface area contributed by atoms with Gasteiger partial charge in [0.25, 0.3) is 0 Å². The number of halogens is 2. The fraction of sp³-hybridized carbons (Fsp3) is 0.609. The molecule has 2 aromatic heterocycles. The first-order chi connectivity index (χ1) is 51.4. The largest absolute Gasteiger partial charge is 0.481 e. The van der Waals surface area contributed by atoms with E-state index in [9.17, 15) is 18.4 Å². The van der Waals surface area contributed by atoms with Crippen LogP contribution in [0.2, 0.25) is 0 Å². The van der Waals surface area contributed by atoms with Gasteiger partial charge in [0.1, 0.15) is 5.60 Å². The monoisotopic (exact) mass is 1560 g/mol. The number of carbonyl (C=O) groups is 1. The first-order valence-corrected chi connectivity index (χ1v) is 39.0. The lowest BCUT2D eigenvalue weighted by atomic mass is 9.74. The number of furan rings is 1. The molecular weight excluding hydrogens is 1420 g/mol. The number of carbonyl (C=O) groups excluding carboxylic acids is 1. The molecule has 4 atom stereocenters. The molecule has 2 aliphatic carbocycles. The van der Waals surface area contributed by atoms with Gasteiger partial charge in [0, 0.05) is 96.6 Å². The lowest BCUT2D eigenvalue weighted by Crippen LogP contribution is -2.42. The maximum atomic E-state index is 13.0. The second-order valence-electron chi connectivity index (χ2n) is 38.1. The summed E-state index contributed by atoms with van der Waals surface area (Å²) in [4.78, 5) is 30.4. The lowest BCUT2D eigenvalue weighted by molar-refractivity contribution is -0.0615. The summed E-state index contributed by atoms with van der Waals surface area (Å²) in [5.74, 6) is 11.9. The van der Waals surface area contributed by atoms with E-state index in [4.69, 9.17) is 41.3 Å². The van der Waals surface area contributed by atoms with Crippen molar-refractivity contribution >= 4 is 33.7 Å². The summed E-state index contributed by atoms with van der Waals surface area (Å²) < 4.78 is 49.0. The van der Waals surface area contributed by atoms with E-state index in [1.54, 1.807) is 12.3 Å². The number of urea groups is 1. The molecule has 4 heterocycles. The van der Waals surface area contributed by atoms with E-state index in [0.717, 1.165) is 41.2 Å². The van der Waals surface area contributed by atoms with Crippen LogP contribution in [0.25, 0.3) is 53.3 Å². The SMILES string of the molecule is C.C#CC(C)(C)C.CC(C)(C)C1(C)N=N1.CC(C)(C)C1CCC#CC(F)(F)CC1.CC(C)(C)CCCCCCN=[N+]=[N-].CC(C)(C)N=[N+]=[N-].CC(C)(C)OC1Cc2ccccc2C#Cc2ccccc21.CC(C)(C)Oc1c2occc2cc2ccc(=O)oc12.CC(C)(C)c1ccc(N=[N+]=[N-])cc1.CC1NC(=O)NC1C(C)(C)C. The Hall–Kier alpha value is -9.27. The summed E-state index contributed by atoms with van der Waals surface area (Å²) in [5.41, 5.74) is 31.5. The number of unbranched alkanes of at least 4 members (excludes halogenated alkanes) is 3. The molecule has 113 heavy (non-hydrogen) atoms. The minimum Gasteiger partial charge on any atom is -0.481 e. The van der Waals surface area contributed by atoms with Crippen molar-refractivity contribution in [3.8, 4) is 41.8 Å². The molecular formula is C92H137F2N13O6. The molecule has 0 bridgehead atoms. The third kappa shape index (κ3) is 41.4. The van der Waals surface area contributed by atoms with Gasteiger partial charge >= 0.3 is 17.6 Å². The van der Waals surface area contributed by atoms with Crippen LogP contribution in [0, 0.1) is 69.0 Å². The highest BCUT2D eigenvalue weighted by molar-refractivity contribution is 6.00. The number of azide groups is 3. The molecule has 19 nitrogen and oxygen atoms in total. The Kier molecular flexibility index (Phi) is 40.0. The minimum absolute atomic E-state index is 0. The summed E-state index contributed by atoms with van der Waals surface area (Å²) in [5, 5.41) is 25.8. The van der Waals surface area contributed by atoms with Crippen LogP contribution in [-0.2, 0) is 16.6 Å². The number of hydrogen-bond donors (Lipinski definition) is 2. The third-order valence-corrected chi connectivity index (χ3v) is 17.7. The number of benzene rings is 4. The van der Waals surface area contributed by atoms with Crippen molar-refractivity contribution in [1.82, 2.24) is 10.6 Å². The summed E-state index contributed by atoms with van der Waals surface area (Å²) in [7, 11) is 0. The Balaban J connectivity index is 0.000000651. The molecule has 1 saturated heterocycles. The predicted molar refractivity (Wildman–Crippen MR) is 464 cm³/mol. The van der Waals surface area contributed by atoms with Crippen LogP contribution in [0.1, 0.15) is 300 Å². The lowest BCUT2D eigenvalue weighted by Gasteiger charge is -2.31. The normalized spacial score (nSPS) is 16.9. The molecule has 4 aliphatic rings. The zero-order valence-corrected chi connectivity index (χ0v) is 73.1. The fourth-order valence-corrected chi connectivity index (χ4v) is 10.9. The average molecular weight is 1560 g/mol. The van der Waals surface area contributed by atoms with Gasteiger partial charge in [-0.1, -0.05) is 245 Å². The second-order valence-corrected chi connectivity index (χ2v) is 38.1. The molecule has 0 saturated carbocycles. The number of ether oxygens (including phenoxy) is 2. The van der Waals surface area contributed by atoms with E-state index >= 15 is 0 Å². The predicted octanol–water partition coefficient (Wildman–Crippen LogP) is 28.0. The highest BCUT2D eigenvalue weighted by atomic mass is 19.3. The quantitative estimate of drug-likeness (QED) is 0.0354. The number of fused-ring (bicyclic) bond motifs is 4. The zero-order valence-electron chi connectivity index (χ0n) is 73.1. The molecule has 2 aliphatic heterocycles. The van der Waals surface area contributed by atoms with Gasteiger partial charge in [-0.25, -0.2) is 9.59 Å². The first-order valence-electron chi connectivity index (χ1n) is 39.0. The smallest absolute Gasteiger partial charge is 0.336 e. The van der Waals surface area contributed by atoms with E-state index in [2.05, 4.69) is 236 Å². The number of alkyl halides is 2. The summed E-state index contributed by atoms with van der Waals surface area (Å²) in [6, 6.07) is 31.6. The Morgan fingerprint density at radius 1 is 0.673 bits per heavy atom. The Bertz CT molecular complexity index is 4360. The molecule has 10 rings (SSSR count). The van der Waals surface area contributed by atoms with Crippen molar-refractivity contribution in [1.29, 1.82) is 0 Å². The molecule has 620 valence electrons. The van der Waals surface area contributed by atoms with Crippen molar-refractivity contribution in [3.05, 3.63) is 173 Å². The zero-order chi connectivity index (χ0) is 85.5.